The summed E-state index contributed by atoms with van der Waals surface area (Å²) >= 11 is 0. The van der Waals surface area contributed by atoms with Crippen molar-refractivity contribution in [3.63, 3.8) is 0 Å². The Labute approximate surface area is 305 Å². The van der Waals surface area contributed by atoms with E-state index in [0.717, 1.165) is 35.5 Å². The number of fused-ring (bicyclic) bond motifs is 5. The van der Waals surface area contributed by atoms with Gasteiger partial charge in [0, 0.05) is 22.5 Å². The molecule has 0 N–H and O–H groups in total. The monoisotopic (exact) mass is 665 g/mol. The maximum Gasteiger partial charge on any atom is 0.0462 e. The second kappa shape index (κ2) is 11.2. The highest BCUT2D eigenvalue weighted by atomic mass is 15.1. The second-order valence-electron chi connectivity index (χ2n) is 18.4. The molecule has 0 radical (unpaired) electrons. The Kier molecular flexibility index (Phi) is 6.70. The lowest BCUT2D eigenvalue weighted by atomic mass is 9.48. The zero-order valence-corrected chi connectivity index (χ0v) is 30.5. The molecule has 0 saturated heterocycles. The maximum absolute atomic E-state index is 2.51. The molecule has 3 atom stereocenters. The van der Waals surface area contributed by atoms with E-state index in [-0.39, 0.29) is 5.41 Å². The maximum atomic E-state index is 2.51. The fourth-order valence-corrected chi connectivity index (χ4v) is 13.1. The molecule has 0 aliphatic heterocycles. The van der Waals surface area contributed by atoms with Gasteiger partial charge in [0.25, 0.3) is 0 Å². The molecule has 6 fully saturated rings. The van der Waals surface area contributed by atoms with Gasteiger partial charge in [-0.15, -0.1) is 0 Å². The highest BCUT2D eigenvalue weighted by Crippen LogP contribution is 2.61. The van der Waals surface area contributed by atoms with Crippen LogP contribution in [0.15, 0.2) is 115 Å². The van der Waals surface area contributed by atoms with E-state index in [2.05, 4.69) is 134 Å². The molecule has 5 aromatic carbocycles. The average Bonchev–Trinajstić information content (AvgIpc) is 3.85. The summed E-state index contributed by atoms with van der Waals surface area (Å²) in [5.41, 5.74) is 15.5. The van der Waals surface area contributed by atoms with E-state index in [1.54, 1.807) is 11.1 Å². The molecule has 256 valence electrons. The third-order valence-electron chi connectivity index (χ3n) is 15.1. The number of rotatable bonds is 6. The van der Waals surface area contributed by atoms with Crippen LogP contribution in [0.25, 0.3) is 22.3 Å². The lowest BCUT2D eigenvalue weighted by Gasteiger charge is -2.57. The van der Waals surface area contributed by atoms with Gasteiger partial charge in [-0.1, -0.05) is 93.1 Å². The summed E-state index contributed by atoms with van der Waals surface area (Å²) in [5.74, 6) is 5.52. The second-order valence-corrected chi connectivity index (χ2v) is 18.4. The highest BCUT2D eigenvalue weighted by molar-refractivity contribution is 5.84. The van der Waals surface area contributed by atoms with E-state index in [4.69, 9.17) is 0 Å². The van der Waals surface area contributed by atoms with Gasteiger partial charge < -0.3 is 4.90 Å². The smallest absolute Gasteiger partial charge is 0.0462 e. The molecule has 0 amide bonds. The Bertz CT molecular complexity index is 2080. The van der Waals surface area contributed by atoms with E-state index >= 15 is 0 Å². The molecule has 5 aromatic rings. The van der Waals surface area contributed by atoms with Crippen LogP contribution >= 0.6 is 0 Å². The van der Waals surface area contributed by atoms with Gasteiger partial charge in [0.15, 0.2) is 0 Å². The topological polar surface area (TPSA) is 3.24 Å². The largest absolute Gasteiger partial charge is 0.311 e. The van der Waals surface area contributed by atoms with E-state index in [1.165, 1.54) is 115 Å². The number of hydrogen-bond acceptors (Lipinski definition) is 1. The normalized spacial score (nSPS) is 30.4. The van der Waals surface area contributed by atoms with Crippen LogP contribution in [-0.4, -0.2) is 0 Å². The Hall–Kier alpha value is -4.10. The van der Waals surface area contributed by atoms with Gasteiger partial charge in [0.05, 0.1) is 0 Å². The minimum absolute atomic E-state index is 0.00518. The van der Waals surface area contributed by atoms with Gasteiger partial charge in [-0.3, -0.25) is 0 Å². The molecular weight excluding hydrogens is 615 g/mol. The van der Waals surface area contributed by atoms with Crippen molar-refractivity contribution >= 4 is 17.1 Å². The summed E-state index contributed by atoms with van der Waals surface area (Å²) in [6, 6.07) is 45.0. The number of benzene rings is 5. The first-order chi connectivity index (χ1) is 24.9. The van der Waals surface area contributed by atoms with Gasteiger partial charge >= 0.3 is 0 Å². The Morgan fingerprint density at radius 2 is 1.10 bits per heavy atom. The molecule has 0 aromatic heterocycles. The molecule has 51 heavy (non-hydrogen) atoms. The molecule has 1 nitrogen and oxygen atoms in total. The fourth-order valence-electron chi connectivity index (χ4n) is 13.1. The van der Waals surface area contributed by atoms with Crippen LogP contribution in [0.2, 0.25) is 0 Å². The van der Waals surface area contributed by atoms with Gasteiger partial charge in [-0.05, 0) is 186 Å². The zero-order chi connectivity index (χ0) is 33.9. The first-order valence-electron chi connectivity index (χ1n) is 20.3. The van der Waals surface area contributed by atoms with E-state index in [0.29, 0.717) is 5.41 Å². The van der Waals surface area contributed by atoms with Crippen molar-refractivity contribution in [2.24, 2.45) is 29.6 Å². The van der Waals surface area contributed by atoms with Gasteiger partial charge in [-0.25, -0.2) is 0 Å². The molecular formula is C50H51N. The van der Waals surface area contributed by atoms with E-state index in [9.17, 15) is 0 Å². The van der Waals surface area contributed by atoms with Crippen molar-refractivity contribution < 1.29 is 0 Å². The fraction of sp³-hybridized carbons (Fsp3) is 0.400. The van der Waals surface area contributed by atoms with Crippen molar-refractivity contribution in [1.82, 2.24) is 0 Å². The van der Waals surface area contributed by atoms with Gasteiger partial charge in [-0.2, -0.15) is 0 Å². The molecule has 12 rings (SSSR count). The lowest BCUT2D eigenvalue weighted by molar-refractivity contribution is -0.00518. The summed E-state index contributed by atoms with van der Waals surface area (Å²) in [6.07, 6.45) is 14.5. The van der Waals surface area contributed by atoms with Gasteiger partial charge in [0.1, 0.15) is 0 Å². The van der Waals surface area contributed by atoms with E-state index in [1.807, 2.05) is 0 Å². The average molecular weight is 666 g/mol. The van der Waals surface area contributed by atoms with Crippen LogP contribution in [0.1, 0.15) is 106 Å². The summed E-state index contributed by atoms with van der Waals surface area (Å²) in [7, 11) is 0. The Morgan fingerprint density at radius 1 is 0.510 bits per heavy atom. The first-order valence-corrected chi connectivity index (χ1v) is 20.3. The molecule has 0 heterocycles. The van der Waals surface area contributed by atoms with Crippen LogP contribution in [0.5, 0.6) is 0 Å². The predicted octanol–water partition coefficient (Wildman–Crippen LogP) is 13.5. The van der Waals surface area contributed by atoms with Crippen LogP contribution in [0, 0.1) is 29.6 Å². The molecule has 7 aliphatic carbocycles. The third kappa shape index (κ3) is 4.79. The Morgan fingerprint density at radius 3 is 1.73 bits per heavy atom. The summed E-state index contributed by atoms with van der Waals surface area (Å²) in [5, 5.41) is 0. The van der Waals surface area contributed by atoms with Gasteiger partial charge in [0.2, 0.25) is 0 Å². The first kappa shape index (κ1) is 30.5. The molecule has 3 unspecified atom stereocenters. The molecule has 0 spiro atoms. The summed E-state index contributed by atoms with van der Waals surface area (Å²) < 4.78 is 0. The predicted molar refractivity (Wildman–Crippen MR) is 212 cm³/mol. The number of nitrogens with zero attached hydrogens (tertiary/aromatic N) is 1. The third-order valence-corrected chi connectivity index (χ3v) is 15.1. The lowest BCUT2D eigenvalue weighted by Crippen LogP contribution is -2.48. The van der Waals surface area contributed by atoms with Crippen molar-refractivity contribution in [2.75, 3.05) is 4.90 Å². The molecule has 6 saturated carbocycles. The van der Waals surface area contributed by atoms with Crippen LogP contribution < -0.4 is 4.90 Å². The minimum Gasteiger partial charge on any atom is -0.311 e. The molecule has 6 bridgehead atoms. The zero-order valence-electron chi connectivity index (χ0n) is 30.5. The molecule has 1 heteroatoms. The summed E-state index contributed by atoms with van der Waals surface area (Å²) in [6.45, 7) is 4.75. The van der Waals surface area contributed by atoms with Crippen LogP contribution in [-0.2, 0) is 10.8 Å². The van der Waals surface area contributed by atoms with Crippen molar-refractivity contribution in [1.29, 1.82) is 0 Å². The van der Waals surface area contributed by atoms with E-state index < -0.39 is 0 Å². The van der Waals surface area contributed by atoms with Crippen molar-refractivity contribution in [3.05, 3.63) is 138 Å². The summed E-state index contributed by atoms with van der Waals surface area (Å²) in [4.78, 5) is 2.50. The number of anilines is 3. The molecule has 7 aliphatic rings. The van der Waals surface area contributed by atoms with Crippen molar-refractivity contribution in [2.45, 2.75) is 94.8 Å². The van der Waals surface area contributed by atoms with Crippen LogP contribution in [0.3, 0.4) is 0 Å². The van der Waals surface area contributed by atoms with Crippen molar-refractivity contribution in [3.8, 4) is 22.3 Å². The standard InChI is InChI=1S/C50H51N/c1-49(2)47-6-4-3-5-44(47)45-22-13-38(28-48(45)49)36-9-16-41(17-10-36)51(42-18-11-37(12-19-42)46-27-32-7-8-39(46)26-32)43-20-14-40(15-21-43)50-29-33-23-34(30-50)25-35(24-33)31-50/h3-6,9-22,28,32-35,39,46H,7-8,23-27,29-31H2,1-2H3. The van der Waals surface area contributed by atoms with Crippen LogP contribution in [0.4, 0.5) is 17.1 Å². The SMILES string of the molecule is CC1(C)c2ccccc2-c2ccc(-c3ccc(N(c4ccc(C5CC6CCC5C6)cc4)c4ccc(C56CC7CC(CC(C7)C5)C6)cc4)cc3)cc21. The highest BCUT2D eigenvalue weighted by Gasteiger charge is 2.51. The number of hydrogen-bond donors (Lipinski definition) is 0. The Balaban J connectivity index is 0.936. The minimum atomic E-state index is 0.00518. The quantitative estimate of drug-likeness (QED) is 0.174.